The Morgan fingerprint density at radius 3 is 2.37 bits per heavy atom. The summed E-state index contributed by atoms with van der Waals surface area (Å²) in [6.45, 7) is 5.10. The van der Waals surface area contributed by atoms with Crippen LogP contribution in [-0.4, -0.2) is 12.4 Å². The monoisotopic (exact) mass is 364 g/mol. The van der Waals surface area contributed by atoms with Crippen molar-refractivity contribution in [1.29, 1.82) is 0 Å². The Balaban J connectivity index is 2.74. The summed E-state index contributed by atoms with van der Waals surface area (Å²) in [5, 5.41) is 0.649. The molecule has 0 aliphatic carbocycles. The van der Waals surface area contributed by atoms with Gasteiger partial charge in [0, 0.05) is 9.89 Å². The molecule has 0 N–H and O–H groups in total. The zero-order valence-corrected chi connectivity index (χ0v) is 14.8. The molecule has 1 rings (SSSR count). The van der Waals surface area contributed by atoms with Gasteiger partial charge in [0.25, 0.3) is 0 Å². The molecule has 0 aromatic heterocycles. The molecule has 1 aromatic carbocycles. The van der Waals surface area contributed by atoms with Gasteiger partial charge in [0.2, 0.25) is 0 Å². The molecule has 1 nitrogen and oxygen atoms in total. The minimum Gasteiger partial charge on any atom is -0.491 e. The molecular formula is C15H22BrClOS. The van der Waals surface area contributed by atoms with Gasteiger partial charge in [-0.2, -0.15) is 12.6 Å². The Morgan fingerprint density at radius 1 is 1.26 bits per heavy atom. The lowest BCUT2D eigenvalue weighted by molar-refractivity contribution is 0.144. The van der Waals surface area contributed by atoms with Crippen LogP contribution >= 0.6 is 40.2 Å². The highest BCUT2D eigenvalue weighted by Crippen LogP contribution is 2.34. The summed E-state index contributed by atoms with van der Waals surface area (Å²) in [7, 11) is 0. The third-order valence-electron chi connectivity index (χ3n) is 3.32. The normalized spacial score (nSPS) is 11.6. The number of benzene rings is 1. The zero-order valence-electron chi connectivity index (χ0n) is 11.6. The first-order chi connectivity index (χ1) is 9.06. The van der Waals surface area contributed by atoms with E-state index in [1.54, 1.807) is 0 Å². The molecule has 0 unspecified atom stereocenters. The largest absolute Gasteiger partial charge is 0.491 e. The second-order valence-electron chi connectivity index (χ2n) is 5.02. The second kappa shape index (κ2) is 8.43. The van der Waals surface area contributed by atoms with Crippen LogP contribution in [0.5, 0.6) is 5.75 Å². The average molecular weight is 366 g/mol. The Kier molecular flexibility index (Phi) is 7.63. The third-order valence-corrected chi connectivity index (χ3v) is 4.78. The van der Waals surface area contributed by atoms with Gasteiger partial charge in [-0.1, -0.05) is 54.2 Å². The summed E-state index contributed by atoms with van der Waals surface area (Å²) in [4.78, 5) is 0. The second-order valence-corrected chi connectivity index (χ2v) is 6.66. The molecule has 0 atom stereocenters. The van der Waals surface area contributed by atoms with E-state index in [0.29, 0.717) is 11.6 Å². The van der Waals surface area contributed by atoms with E-state index in [9.17, 15) is 0 Å². The molecular weight excluding hydrogens is 344 g/mol. The molecule has 0 aliphatic heterocycles. The lowest BCUT2D eigenvalue weighted by Crippen LogP contribution is -2.30. The fourth-order valence-corrected chi connectivity index (χ4v) is 3.49. The predicted molar refractivity (Wildman–Crippen MR) is 90.7 cm³/mol. The molecule has 0 saturated heterocycles. The Bertz CT molecular complexity index is 392. The van der Waals surface area contributed by atoms with Gasteiger partial charge >= 0.3 is 0 Å². The van der Waals surface area contributed by atoms with Crippen molar-refractivity contribution >= 4 is 40.2 Å². The first-order valence-electron chi connectivity index (χ1n) is 6.75. The third kappa shape index (κ3) is 5.20. The van der Waals surface area contributed by atoms with Crippen LogP contribution in [0, 0.1) is 5.41 Å². The molecule has 1 aromatic rings. The predicted octanol–water partition coefficient (Wildman–Crippen LogP) is 6.00. The molecule has 0 heterocycles. The molecule has 0 fully saturated rings. The van der Waals surface area contributed by atoms with Crippen LogP contribution < -0.4 is 4.74 Å². The van der Waals surface area contributed by atoms with E-state index in [4.69, 9.17) is 16.3 Å². The van der Waals surface area contributed by atoms with Gasteiger partial charge in [-0.05, 0) is 36.8 Å². The minimum absolute atomic E-state index is 0.156. The van der Waals surface area contributed by atoms with Gasteiger partial charge in [0.1, 0.15) is 5.75 Å². The van der Waals surface area contributed by atoms with E-state index in [1.807, 2.05) is 18.2 Å². The van der Waals surface area contributed by atoms with Crippen molar-refractivity contribution in [3.8, 4) is 5.75 Å². The van der Waals surface area contributed by atoms with Crippen molar-refractivity contribution in [3.05, 3.63) is 27.7 Å². The maximum atomic E-state index is 6.18. The van der Waals surface area contributed by atoms with Gasteiger partial charge < -0.3 is 4.74 Å². The van der Waals surface area contributed by atoms with Crippen LogP contribution in [-0.2, 0) is 0 Å². The summed E-state index contributed by atoms with van der Waals surface area (Å²) in [6.07, 6.45) is 4.58. The van der Waals surface area contributed by atoms with E-state index in [0.717, 1.165) is 41.7 Å². The minimum atomic E-state index is 0.156. The number of ether oxygens (including phenoxy) is 1. The fourth-order valence-electron chi connectivity index (χ4n) is 2.36. The lowest BCUT2D eigenvalue weighted by atomic mass is 9.82. The number of thiol groups is 1. The number of halogens is 2. The Labute approximate surface area is 135 Å². The zero-order chi connectivity index (χ0) is 14.3. The van der Waals surface area contributed by atoms with E-state index in [-0.39, 0.29) is 5.41 Å². The highest BCUT2D eigenvalue weighted by atomic mass is 79.9. The van der Waals surface area contributed by atoms with Crippen molar-refractivity contribution in [2.24, 2.45) is 5.41 Å². The Hall–Kier alpha value is 0.140. The average Bonchev–Trinajstić information content (AvgIpc) is 2.38. The summed E-state index contributed by atoms with van der Waals surface area (Å²) in [5.41, 5.74) is 0.156. The van der Waals surface area contributed by atoms with Crippen molar-refractivity contribution in [2.45, 2.75) is 39.5 Å². The van der Waals surface area contributed by atoms with E-state index < -0.39 is 0 Å². The van der Waals surface area contributed by atoms with Gasteiger partial charge in [-0.25, -0.2) is 0 Å². The highest BCUT2D eigenvalue weighted by molar-refractivity contribution is 9.10. The first-order valence-corrected chi connectivity index (χ1v) is 8.56. The van der Waals surface area contributed by atoms with Crippen LogP contribution in [0.1, 0.15) is 39.5 Å². The van der Waals surface area contributed by atoms with Gasteiger partial charge in [0.05, 0.1) is 11.6 Å². The quantitative estimate of drug-likeness (QED) is 0.556. The summed E-state index contributed by atoms with van der Waals surface area (Å²) in [5.74, 6) is 1.60. The van der Waals surface area contributed by atoms with Crippen LogP contribution in [0.3, 0.4) is 0 Å². The molecule has 0 radical (unpaired) electrons. The topological polar surface area (TPSA) is 9.23 Å². The summed E-state index contributed by atoms with van der Waals surface area (Å²) < 4.78 is 6.92. The van der Waals surface area contributed by atoms with Gasteiger partial charge in [0.15, 0.2) is 0 Å². The van der Waals surface area contributed by atoms with Crippen molar-refractivity contribution in [3.63, 3.8) is 0 Å². The standard InChI is InChI=1S/C15H22BrClOS/c1-3-7-15(11-19,8-4-2)10-18-14-6-5-12(16)9-13(14)17/h5-6,9,19H,3-4,7-8,10-11H2,1-2H3. The molecule has 0 amide bonds. The molecule has 0 spiro atoms. The van der Waals surface area contributed by atoms with Crippen LogP contribution in [0.2, 0.25) is 5.02 Å². The number of hydrogen-bond donors (Lipinski definition) is 1. The van der Waals surface area contributed by atoms with Crippen molar-refractivity contribution in [2.75, 3.05) is 12.4 Å². The van der Waals surface area contributed by atoms with E-state index in [1.165, 1.54) is 0 Å². The fraction of sp³-hybridized carbons (Fsp3) is 0.600. The maximum Gasteiger partial charge on any atom is 0.137 e. The van der Waals surface area contributed by atoms with E-state index >= 15 is 0 Å². The molecule has 0 bridgehead atoms. The number of hydrogen-bond acceptors (Lipinski definition) is 2. The van der Waals surface area contributed by atoms with Gasteiger partial charge in [-0.3, -0.25) is 0 Å². The van der Waals surface area contributed by atoms with Crippen LogP contribution in [0.25, 0.3) is 0 Å². The lowest BCUT2D eigenvalue weighted by Gasteiger charge is -2.32. The molecule has 108 valence electrons. The molecule has 19 heavy (non-hydrogen) atoms. The summed E-state index contributed by atoms with van der Waals surface area (Å²) >= 11 is 14.1. The molecule has 0 saturated carbocycles. The molecule has 0 aliphatic rings. The number of rotatable bonds is 8. The van der Waals surface area contributed by atoms with Gasteiger partial charge in [-0.15, -0.1) is 0 Å². The summed E-state index contributed by atoms with van der Waals surface area (Å²) in [6, 6.07) is 5.72. The van der Waals surface area contributed by atoms with Crippen molar-refractivity contribution in [1.82, 2.24) is 0 Å². The molecule has 4 heteroatoms. The van der Waals surface area contributed by atoms with Crippen molar-refractivity contribution < 1.29 is 4.74 Å². The first kappa shape index (κ1) is 17.2. The highest BCUT2D eigenvalue weighted by Gasteiger charge is 2.28. The van der Waals surface area contributed by atoms with E-state index in [2.05, 4.69) is 42.4 Å². The smallest absolute Gasteiger partial charge is 0.137 e. The van der Waals surface area contributed by atoms with Crippen LogP contribution in [0.15, 0.2) is 22.7 Å². The van der Waals surface area contributed by atoms with Crippen LogP contribution in [0.4, 0.5) is 0 Å². The SMILES string of the molecule is CCCC(CS)(CCC)COc1ccc(Br)cc1Cl. The Morgan fingerprint density at radius 2 is 1.89 bits per heavy atom. The maximum absolute atomic E-state index is 6.18.